The SMILES string of the molecule is C[C@@H](OC(=O)c1ccc(Cl)c(Cl)c1)C(=O)Nc1ccc2c(c1)OCO2. The largest absolute Gasteiger partial charge is 0.454 e. The molecule has 1 N–H and O–H groups in total. The molecule has 0 radical (unpaired) electrons. The van der Waals surface area contributed by atoms with Crippen LogP contribution < -0.4 is 14.8 Å². The fourth-order valence-corrected chi connectivity index (χ4v) is 2.42. The maximum Gasteiger partial charge on any atom is 0.338 e. The number of nitrogens with one attached hydrogen (secondary N) is 1. The summed E-state index contributed by atoms with van der Waals surface area (Å²) in [5, 5.41) is 3.21. The number of amides is 1. The first kappa shape index (κ1) is 17.4. The Bertz CT molecular complexity index is 840. The minimum absolute atomic E-state index is 0.143. The molecule has 3 rings (SSSR count). The summed E-state index contributed by atoms with van der Waals surface area (Å²) in [6.07, 6.45) is -1.01. The van der Waals surface area contributed by atoms with E-state index in [2.05, 4.69) is 5.32 Å². The maximum atomic E-state index is 12.2. The molecule has 1 aliphatic heterocycles. The topological polar surface area (TPSA) is 73.9 Å². The predicted octanol–water partition coefficient (Wildman–Crippen LogP) is 3.91. The molecule has 0 aliphatic carbocycles. The molecule has 2 aromatic rings. The van der Waals surface area contributed by atoms with Crippen molar-refractivity contribution >= 4 is 40.8 Å². The van der Waals surface area contributed by atoms with Crippen molar-refractivity contribution in [2.45, 2.75) is 13.0 Å². The van der Waals surface area contributed by atoms with Crippen LogP contribution in [0.1, 0.15) is 17.3 Å². The van der Waals surface area contributed by atoms with E-state index in [1.807, 2.05) is 0 Å². The van der Waals surface area contributed by atoms with Crippen molar-refractivity contribution in [3.63, 3.8) is 0 Å². The van der Waals surface area contributed by atoms with Crippen LogP contribution in [0.15, 0.2) is 36.4 Å². The van der Waals surface area contributed by atoms with Gasteiger partial charge in [-0.3, -0.25) is 4.79 Å². The van der Waals surface area contributed by atoms with E-state index >= 15 is 0 Å². The molecule has 0 saturated carbocycles. The minimum atomic E-state index is -1.01. The fraction of sp³-hybridized carbons (Fsp3) is 0.176. The molecule has 0 aromatic heterocycles. The molecule has 130 valence electrons. The maximum absolute atomic E-state index is 12.2. The third-order valence-corrected chi connectivity index (χ3v) is 4.19. The highest BCUT2D eigenvalue weighted by molar-refractivity contribution is 6.42. The average Bonchev–Trinajstić information content (AvgIpc) is 3.04. The van der Waals surface area contributed by atoms with Gasteiger partial charge in [-0.05, 0) is 37.3 Å². The fourth-order valence-electron chi connectivity index (χ4n) is 2.12. The Morgan fingerprint density at radius 1 is 1.08 bits per heavy atom. The van der Waals surface area contributed by atoms with Crippen LogP contribution in [0, 0.1) is 0 Å². The van der Waals surface area contributed by atoms with Crippen molar-refractivity contribution in [2.75, 3.05) is 12.1 Å². The van der Waals surface area contributed by atoms with Gasteiger partial charge in [0.2, 0.25) is 6.79 Å². The summed E-state index contributed by atoms with van der Waals surface area (Å²) in [7, 11) is 0. The number of anilines is 1. The van der Waals surface area contributed by atoms with Crippen LogP contribution >= 0.6 is 23.2 Å². The number of hydrogen-bond acceptors (Lipinski definition) is 5. The summed E-state index contributed by atoms with van der Waals surface area (Å²) in [6.45, 7) is 1.61. The lowest BCUT2D eigenvalue weighted by molar-refractivity contribution is -0.123. The first-order chi connectivity index (χ1) is 11.9. The molecule has 2 aromatic carbocycles. The van der Waals surface area contributed by atoms with Gasteiger partial charge in [0.15, 0.2) is 17.6 Å². The van der Waals surface area contributed by atoms with Crippen LogP contribution in [0.5, 0.6) is 11.5 Å². The lowest BCUT2D eigenvalue weighted by Crippen LogP contribution is -2.30. The number of rotatable bonds is 4. The Morgan fingerprint density at radius 2 is 1.84 bits per heavy atom. The van der Waals surface area contributed by atoms with E-state index in [-0.39, 0.29) is 17.4 Å². The monoisotopic (exact) mass is 381 g/mol. The van der Waals surface area contributed by atoms with Crippen molar-refractivity contribution in [3.05, 3.63) is 52.0 Å². The number of carbonyl (C=O) groups is 2. The molecule has 1 heterocycles. The van der Waals surface area contributed by atoms with E-state index in [9.17, 15) is 9.59 Å². The van der Waals surface area contributed by atoms with E-state index in [0.717, 1.165) is 0 Å². The smallest absolute Gasteiger partial charge is 0.338 e. The Balaban J connectivity index is 1.62. The van der Waals surface area contributed by atoms with Crippen LogP contribution in [0.2, 0.25) is 10.0 Å². The second-order valence-corrected chi connectivity index (χ2v) is 6.05. The lowest BCUT2D eigenvalue weighted by atomic mass is 10.2. The van der Waals surface area contributed by atoms with Crippen molar-refractivity contribution < 1.29 is 23.8 Å². The van der Waals surface area contributed by atoms with Gasteiger partial charge >= 0.3 is 5.97 Å². The number of ether oxygens (including phenoxy) is 3. The second kappa shape index (κ2) is 7.21. The zero-order valence-corrected chi connectivity index (χ0v) is 14.6. The first-order valence-electron chi connectivity index (χ1n) is 7.30. The minimum Gasteiger partial charge on any atom is -0.454 e. The molecule has 0 spiro atoms. The van der Waals surface area contributed by atoms with Crippen LogP contribution in [0.25, 0.3) is 0 Å². The van der Waals surface area contributed by atoms with Gasteiger partial charge in [0.25, 0.3) is 5.91 Å². The molecule has 1 aliphatic rings. The van der Waals surface area contributed by atoms with Crippen molar-refractivity contribution in [1.29, 1.82) is 0 Å². The van der Waals surface area contributed by atoms with Crippen molar-refractivity contribution in [1.82, 2.24) is 0 Å². The normalized spacial score (nSPS) is 13.2. The Kier molecular flexibility index (Phi) is 5.01. The summed E-state index contributed by atoms with van der Waals surface area (Å²) in [5.74, 6) is -0.00507. The van der Waals surface area contributed by atoms with Gasteiger partial charge in [-0.1, -0.05) is 23.2 Å². The van der Waals surface area contributed by atoms with E-state index in [0.29, 0.717) is 22.2 Å². The van der Waals surface area contributed by atoms with Gasteiger partial charge in [0, 0.05) is 11.8 Å². The molecular weight excluding hydrogens is 369 g/mol. The molecular formula is C17H13Cl2NO5. The number of hydrogen-bond donors (Lipinski definition) is 1. The zero-order chi connectivity index (χ0) is 18.0. The van der Waals surface area contributed by atoms with Gasteiger partial charge in [-0.2, -0.15) is 0 Å². The lowest BCUT2D eigenvalue weighted by Gasteiger charge is -2.14. The number of halogens is 2. The first-order valence-corrected chi connectivity index (χ1v) is 8.06. The summed E-state index contributed by atoms with van der Waals surface area (Å²) < 4.78 is 15.6. The van der Waals surface area contributed by atoms with Crippen LogP contribution in [0.3, 0.4) is 0 Å². The molecule has 1 amide bonds. The van der Waals surface area contributed by atoms with E-state index in [1.165, 1.54) is 25.1 Å². The summed E-state index contributed by atoms with van der Waals surface area (Å²) in [5.41, 5.74) is 0.712. The Labute approximate surface area is 153 Å². The molecule has 8 heteroatoms. The van der Waals surface area contributed by atoms with Gasteiger partial charge in [0.1, 0.15) is 0 Å². The van der Waals surface area contributed by atoms with Gasteiger partial charge in [-0.15, -0.1) is 0 Å². The van der Waals surface area contributed by atoms with E-state index in [4.69, 9.17) is 37.4 Å². The molecule has 0 saturated heterocycles. The zero-order valence-electron chi connectivity index (χ0n) is 13.0. The number of benzene rings is 2. The predicted molar refractivity (Wildman–Crippen MR) is 92.5 cm³/mol. The van der Waals surface area contributed by atoms with Crippen molar-refractivity contribution in [2.24, 2.45) is 0 Å². The van der Waals surface area contributed by atoms with Gasteiger partial charge < -0.3 is 19.5 Å². The quantitative estimate of drug-likeness (QED) is 0.812. The molecule has 0 bridgehead atoms. The van der Waals surface area contributed by atoms with Gasteiger partial charge in [0.05, 0.1) is 15.6 Å². The summed E-state index contributed by atoms with van der Waals surface area (Å²) >= 11 is 11.7. The number of fused-ring (bicyclic) bond motifs is 1. The number of carbonyl (C=O) groups excluding carboxylic acids is 2. The third-order valence-electron chi connectivity index (χ3n) is 3.45. The highest BCUT2D eigenvalue weighted by atomic mass is 35.5. The molecule has 6 nitrogen and oxygen atoms in total. The highest BCUT2D eigenvalue weighted by Gasteiger charge is 2.21. The second-order valence-electron chi connectivity index (χ2n) is 5.23. The summed E-state index contributed by atoms with van der Waals surface area (Å²) in [4.78, 5) is 24.3. The van der Waals surface area contributed by atoms with Crippen LogP contribution in [-0.4, -0.2) is 24.8 Å². The Hall–Kier alpha value is -2.44. The number of esters is 1. The highest BCUT2D eigenvalue weighted by Crippen LogP contribution is 2.34. The van der Waals surface area contributed by atoms with Crippen LogP contribution in [0.4, 0.5) is 5.69 Å². The van der Waals surface area contributed by atoms with Gasteiger partial charge in [-0.25, -0.2) is 4.79 Å². The Morgan fingerprint density at radius 3 is 2.60 bits per heavy atom. The van der Waals surface area contributed by atoms with Crippen molar-refractivity contribution in [3.8, 4) is 11.5 Å². The molecule has 1 atom stereocenters. The van der Waals surface area contributed by atoms with Crippen LogP contribution in [-0.2, 0) is 9.53 Å². The summed E-state index contributed by atoms with van der Waals surface area (Å²) in [6, 6.07) is 9.32. The average molecular weight is 382 g/mol. The third kappa shape index (κ3) is 3.97. The van der Waals surface area contributed by atoms with E-state index in [1.54, 1.807) is 18.2 Å². The molecule has 0 fully saturated rings. The standard InChI is InChI=1S/C17H13Cl2NO5/c1-9(25-17(22)10-2-4-12(18)13(19)6-10)16(21)20-11-3-5-14-15(7-11)24-8-23-14/h2-7,9H,8H2,1H3,(H,20,21)/t9-/m1/s1. The molecule has 0 unspecified atom stereocenters. The molecule has 25 heavy (non-hydrogen) atoms. The van der Waals surface area contributed by atoms with E-state index < -0.39 is 18.0 Å².